The van der Waals surface area contributed by atoms with Crippen molar-refractivity contribution in [1.82, 2.24) is 5.16 Å². The molecular formula is C13H14N2O2S. The summed E-state index contributed by atoms with van der Waals surface area (Å²) in [4.78, 5) is 14.1. The van der Waals surface area contributed by atoms with E-state index in [-0.39, 0.29) is 5.91 Å². The Morgan fingerprint density at radius 3 is 3.28 bits per heavy atom. The summed E-state index contributed by atoms with van der Waals surface area (Å²) >= 11 is 1.60. The quantitative estimate of drug-likeness (QED) is 0.904. The van der Waals surface area contributed by atoms with Crippen molar-refractivity contribution < 1.29 is 9.32 Å². The molecule has 1 atom stereocenters. The number of aromatic nitrogens is 1. The normalized spacial score (nSPS) is 18.4. The molecule has 0 saturated heterocycles. The van der Waals surface area contributed by atoms with Gasteiger partial charge >= 0.3 is 0 Å². The van der Waals surface area contributed by atoms with Crippen LogP contribution >= 0.6 is 11.3 Å². The van der Waals surface area contributed by atoms with Gasteiger partial charge in [-0.05, 0) is 36.8 Å². The minimum absolute atomic E-state index is 0.101. The second-order valence-electron chi connectivity index (χ2n) is 4.75. The Bertz CT molecular complexity index is 560. The fourth-order valence-electron chi connectivity index (χ4n) is 2.27. The van der Waals surface area contributed by atoms with Crippen molar-refractivity contribution in [2.45, 2.75) is 26.2 Å². The van der Waals surface area contributed by atoms with Crippen molar-refractivity contribution >= 4 is 23.1 Å². The van der Waals surface area contributed by atoms with E-state index < -0.39 is 0 Å². The molecule has 1 aliphatic carbocycles. The zero-order valence-corrected chi connectivity index (χ0v) is 10.9. The van der Waals surface area contributed by atoms with Crippen LogP contribution in [-0.2, 0) is 12.8 Å². The summed E-state index contributed by atoms with van der Waals surface area (Å²) in [6.07, 6.45) is 4.84. The summed E-state index contributed by atoms with van der Waals surface area (Å²) in [7, 11) is 0. The topological polar surface area (TPSA) is 55.1 Å². The molecule has 0 saturated carbocycles. The van der Waals surface area contributed by atoms with Crippen molar-refractivity contribution in [1.29, 1.82) is 0 Å². The average molecular weight is 262 g/mol. The maximum Gasteiger partial charge on any atom is 0.266 e. The van der Waals surface area contributed by atoms with E-state index in [2.05, 4.69) is 21.9 Å². The summed E-state index contributed by atoms with van der Waals surface area (Å²) in [5.41, 5.74) is 1.34. The number of amides is 1. The number of rotatable bonds is 2. The Morgan fingerprint density at radius 1 is 1.61 bits per heavy atom. The molecule has 1 N–H and O–H groups in total. The van der Waals surface area contributed by atoms with Gasteiger partial charge in [0.2, 0.25) is 0 Å². The van der Waals surface area contributed by atoms with E-state index in [1.807, 2.05) is 6.07 Å². The number of thiophene rings is 1. The molecule has 0 bridgehead atoms. The van der Waals surface area contributed by atoms with Gasteiger partial charge in [-0.1, -0.05) is 12.1 Å². The van der Waals surface area contributed by atoms with Crippen LogP contribution in [0.4, 0.5) is 5.82 Å². The first-order valence-corrected chi connectivity index (χ1v) is 6.87. The molecule has 0 fully saturated rings. The number of aryl methyl sites for hydroxylation is 1. The highest BCUT2D eigenvalue weighted by Gasteiger charge is 2.20. The maximum atomic E-state index is 12.0. The monoisotopic (exact) mass is 262 g/mol. The van der Waals surface area contributed by atoms with E-state index in [1.54, 1.807) is 17.4 Å². The lowest BCUT2D eigenvalue weighted by Gasteiger charge is -2.16. The molecule has 2 heterocycles. The fraction of sp³-hybridized carbons (Fsp3) is 0.385. The highest BCUT2D eigenvalue weighted by atomic mass is 32.1. The number of fused-ring (bicyclic) bond motifs is 1. The number of nitrogens with zero attached hydrogens (tertiary/aromatic N) is 1. The van der Waals surface area contributed by atoms with Crippen LogP contribution in [0, 0.1) is 5.92 Å². The van der Waals surface area contributed by atoms with Crippen LogP contribution in [0.5, 0.6) is 0 Å². The summed E-state index contributed by atoms with van der Waals surface area (Å²) in [5, 5.41) is 6.40. The number of carbonyl (C=O) groups is 1. The molecule has 0 spiro atoms. The number of nitrogens with one attached hydrogen (secondary N) is 1. The average Bonchev–Trinajstić information content (AvgIpc) is 2.96. The lowest BCUT2D eigenvalue weighted by atomic mass is 9.90. The van der Waals surface area contributed by atoms with Crippen LogP contribution in [0.15, 0.2) is 22.9 Å². The van der Waals surface area contributed by atoms with Gasteiger partial charge < -0.3 is 9.84 Å². The summed E-state index contributed by atoms with van der Waals surface area (Å²) < 4.78 is 4.69. The molecule has 3 rings (SSSR count). The Labute approximate surface area is 109 Å². The minimum Gasteiger partial charge on any atom is -0.363 e. The van der Waals surface area contributed by atoms with Crippen LogP contribution < -0.4 is 5.32 Å². The fourth-order valence-corrected chi connectivity index (χ4v) is 3.38. The van der Waals surface area contributed by atoms with Gasteiger partial charge in [0.1, 0.15) is 6.26 Å². The Balaban J connectivity index is 1.78. The largest absolute Gasteiger partial charge is 0.363 e. The lowest BCUT2D eigenvalue weighted by molar-refractivity contribution is 0.102. The molecule has 5 heteroatoms. The molecule has 0 aromatic carbocycles. The van der Waals surface area contributed by atoms with Crippen molar-refractivity contribution in [2.75, 3.05) is 5.32 Å². The van der Waals surface area contributed by atoms with E-state index in [0.29, 0.717) is 5.82 Å². The van der Waals surface area contributed by atoms with Gasteiger partial charge in [-0.3, -0.25) is 4.79 Å². The van der Waals surface area contributed by atoms with Gasteiger partial charge in [-0.2, -0.15) is 0 Å². The maximum absolute atomic E-state index is 12.0. The zero-order valence-electron chi connectivity index (χ0n) is 10.1. The van der Waals surface area contributed by atoms with Crippen LogP contribution in [-0.4, -0.2) is 11.1 Å². The molecule has 0 aliphatic heterocycles. The lowest BCUT2D eigenvalue weighted by Crippen LogP contribution is -2.10. The third-order valence-corrected chi connectivity index (χ3v) is 4.47. The van der Waals surface area contributed by atoms with E-state index in [9.17, 15) is 4.79 Å². The zero-order chi connectivity index (χ0) is 12.5. The first-order chi connectivity index (χ1) is 8.72. The first-order valence-electron chi connectivity index (χ1n) is 6.05. The number of carbonyl (C=O) groups excluding carboxylic acids is 1. The molecule has 2 aromatic rings. The second kappa shape index (κ2) is 4.57. The molecule has 0 unspecified atom stereocenters. The number of anilines is 1. The molecule has 18 heavy (non-hydrogen) atoms. The van der Waals surface area contributed by atoms with Gasteiger partial charge in [0.25, 0.3) is 5.91 Å². The van der Waals surface area contributed by atoms with Gasteiger partial charge in [0.15, 0.2) is 5.82 Å². The van der Waals surface area contributed by atoms with Crippen molar-refractivity contribution in [3.8, 4) is 0 Å². The smallest absolute Gasteiger partial charge is 0.266 e. The van der Waals surface area contributed by atoms with Crippen LogP contribution in [0.2, 0.25) is 0 Å². The Hall–Kier alpha value is -1.62. The third kappa shape index (κ3) is 2.18. The molecule has 0 radical (unpaired) electrons. The second-order valence-corrected chi connectivity index (χ2v) is 5.88. The van der Waals surface area contributed by atoms with Gasteiger partial charge in [0, 0.05) is 10.9 Å². The van der Waals surface area contributed by atoms with E-state index in [4.69, 9.17) is 0 Å². The van der Waals surface area contributed by atoms with Gasteiger partial charge in [-0.15, -0.1) is 11.3 Å². The Morgan fingerprint density at radius 2 is 2.50 bits per heavy atom. The minimum atomic E-state index is -0.101. The van der Waals surface area contributed by atoms with Crippen LogP contribution in [0.1, 0.15) is 33.5 Å². The van der Waals surface area contributed by atoms with E-state index >= 15 is 0 Å². The highest BCUT2D eigenvalue weighted by Crippen LogP contribution is 2.32. The molecule has 94 valence electrons. The van der Waals surface area contributed by atoms with Crippen molar-refractivity contribution in [3.05, 3.63) is 33.7 Å². The SMILES string of the molecule is C[C@@H]1CCc2sc(C(=O)Nc3ccon3)cc2C1. The number of hydrogen-bond acceptors (Lipinski definition) is 4. The number of hydrogen-bond donors (Lipinski definition) is 1. The summed E-state index contributed by atoms with van der Waals surface area (Å²) in [5.74, 6) is 1.08. The van der Waals surface area contributed by atoms with Crippen LogP contribution in [0.3, 0.4) is 0 Å². The van der Waals surface area contributed by atoms with Crippen LogP contribution in [0.25, 0.3) is 0 Å². The molecule has 1 aliphatic rings. The van der Waals surface area contributed by atoms with E-state index in [0.717, 1.165) is 23.6 Å². The van der Waals surface area contributed by atoms with E-state index in [1.165, 1.54) is 23.1 Å². The standard InChI is InChI=1S/C13H14N2O2S/c1-8-2-3-10-9(6-8)7-11(18-10)13(16)14-12-4-5-17-15-12/h4-5,7-8H,2-3,6H2,1H3,(H,14,15,16)/t8-/m1/s1. The van der Waals surface area contributed by atoms with Gasteiger partial charge in [0.05, 0.1) is 4.88 Å². The van der Waals surface area contributed by atoms with Gasteiger partial charge in [-0.25, -0.2) is 0 Å². The summed E-state index contributed by atoms with van der Waals surface area (Å²) in [6, 6.07) is 3.65. The molecule has 1 amide bonds. The molecule has 2 aromatic heterocycles. The molecule has 4 nitrogen and oxygen atoms in total. The van der Waals surface area contributed by atoms with Crippen molar-refractivity contribution in [3.63, 3.8) is 0 Å². The third-order valence-electron chi connectivity index (χ3n) is 3.23. The molecular weight excluding hydrogens is 248 g/mol. The first kappa shape index (κ1) is 11.5. The highest BCUT2D eigenvalue weighted by molar-refractivity contribution is 7.14. The predicted molar refractivity (Wildman–Crippen MR) is 70.0 cm³/mol. The Kier molecular flexibility index (Phi) is 2.91. The van der Waals surface area contributed by atoms with Crippen molar-refractivity contribution in [2.24, 2.45) is 5.92 Å². The predicted octanol–water partition coefficient (Wildman–Crippen LogP) is 3.11. The summed E-state index contributed by atoms with van der Waals surface area (Å²) in [6.45, 7) is 2.26.